The summed E-state index contributed by atoms with van der Waals surface area (Å²) in [6.07, 6.45) is 2.00. The van der Waals surface area contributed by atoms with E-state index in [4.69, 9.17) is 17.7 Å². The van der Waals surface area contributed by atoms with Gasteiger partial charge in [0.25, 0.3) is 0 Å². The van der Waals surface area contributed by atoms with E-state index in [1.165, 1.54) is 40.0 Å². The fourth-order valence-electron chi connectivity index (χ4n) is 6.91. The molecule has 2 aliphatic rings. The molecular weight excluding hydrogens is 769 g/mol. The van der Waals surface area contributed by atoms with E-state index in [-0.39, 0.29) is 42.1 Å². The van der Waals surface area contributed by atoms with Crippen molar-refractivity contribution in [2.24, 2.45) is 0 Å². The molecule has 48 heavy (non-hydrogen) atoms. The van der Waals surface area contributed by atoms with Gasteiger partial charge in [-0.2, -0.15) is 66.4 Å². The smallest absolute Gasteiger partial charge is 0.501 e. The Balaban J connectivity index is 0.000000169. The number of hydrogen-bond acceptors (Lipinski definition) is 4. The minimum absolute atomic E-state index is 0. The third-order valence-corrected chi connectivity index (χ3v) is 10.0. The molecule has 6 heteroatoms. The maximum absolute atomic E-state index is 8.02. The van der Waals surface area contributed by atoms with Gasteiger partial charge in [0.1, 0.15) is 5.58 Å². The Hall–Kier alpha value is -4.64. The summed E-state index contributed by atoms with van der Waals surface area (Å²) in [6, 6.07) is 39.2. The van der Waals surface area contributed by atoms with Crippen LogP contribution in [0.3, 0.4) is 0 Å². The molecule has 2 aromatic heterocycles. The van der Waals surface area contributed by atoms with Crippen LogP contribution in [-0.4, -0.2) is 16.8 Å². The summed E-state index contributed by atoms with van der Waals surface area (Å²) in [4.78, 5) is 2.92. The summed E-state index contributed by atoms with van der Waals surface area (Å²) >= 11 is 0. The van der Waals surface area contributed by atoms with Crippen molar-refractivity contribution >= 4 is 39.0 Å². The van der Waals surface area contributed by atoms with Crippen LogP contribution in [0.25, 0.3) is 38.8 Å². The van der Waals surface area contributed by atoms with E-state index in [1.54, 1.807) is 23.1 Å². The summed E-state index contributed by atoms with van der Waals surface area (Å²) in [5, 5.41) is 6.02. The number of fused-ring (bicyclic) bond motifs is 8. The molecule has 5 aromatic carbocycles. The maximum Gasteiger partial charge on any atom is 3.00 e. The Morgan fingerprint density at radius 3 is 2.35 bits per heavy atom. The van der Waals surface area contributed by atoms with Crippen LogP contribution < -0.4 is 9.80 Å². The van der Waals surface area contributed by atoms with E-state index in [0.717, 1.165) is 5.69 Å². The molecule has 0 saturated heterocycles. The van der Waals surface area contributed by atoms with Gasteiger partial charge in [0.15, 0.2) is 5.58 Å². The number of anilines is 3. The molecule has 0 bridgehead atoms. The molecule has 2 aliphatic heterocycles. The van der Waals surface area contributed by atoms with E-state index < -0.39 is 13.8 Å². The summed E-state index contributed by atoms with van der Waals surface area (Å²) in [7, 11) is 0. The van der Waals surface area contributed by atoms with Crippen LogP contribution in [0.15, 0.2) is 114 Å². The number of nitrogens with zero attached hydrogens (tertiary/aromatic N) is 4. The zero-order valence-electron chi connectivity index (χ0n) is 33.0. The normalized spacial score (nSPS) is 17.7. The van der Waals surface area contributed by atoms with Crippen LogP contribution in [-0.2, 0) is 30.9 Å². The predicted molar refractivity (Wildman–Crippen MR) is 192 cm³/mol. The molecule has 0 saturated carbocycles. The number of rotatable bonds is 2. The minimum atomic E-state index is -2.46. The standard InChI is InChI=1S/C21H16N2O.C21H21N2.Ir/c1-14-7-6-10-16-17-11-12-18-19(21(17)24-20(14)16)22(2)13-23(18)15-8-4-3-5-9-15;1-20(2)17-12-8-9-13-18(17)23-19(21(20,3)4)16(14-22-23)15-10-6-5-7-11-15;/h3-8,10-13H,1-2H3;5-12,14H,1-4H3;/q-2;-1;+3/i1D3,2D3;;. The van der Waals surface area contributed by atoms with Crippen molar-refractivity contribution < 1.29 is 32.7 Å². The minimum Gasteiger partial charge on any atom is -0.501 e. The molecule has 9 rings (SSSR count). The van der Waals surface area contributed by atoms with Crippen LogP contribution >= 0.6 is 0 Å². The molecule has 0 amide bonds. The van der Waals surface area contributed by atoms with Crippen molar-refractivity contribution in [3.8, 4) is 16.8 Å². The molecule has 0 radical (unpaired) electrons. The summed E-state index contributed by atoms with van der Waals surface area (Å²) in [6.45, 7) is 5.98. The SMILES string of the molecule is CC1(C)c2ccc[c-]c2-n2ncc(-c3ccccc3)c2C1(C)C.[2H]C([2H])([2H])c1cccc2c1oc1c3c(ccc12)N(c1[c-]cccc1)[CH-]N3C([2H])([2H])[2H].[Ir+3]. The van der Waals surface area contributed by atoms with Crippen LogP contribution in [0, 0.1) is 25.7 Å². The van der Waals surface area contributed by atoms with Crippen LogP contribution in [0.5, 0.6) is 0 Å². The van der Waals surface area contributed by atoms with Gasteiger partial charge in [-0.05, 0) is 48.2 Å². The van der Waals surface area contributed by atoms with Crippen molar-refractivity contribution in [1.82, 2.24) is 9.78 Å². The molecular formula is C42H37IrN4O. The van der Waals surface area contributed by atoms with Crippen molar-refractivity contribution in [2.75, 3.05) is 16.8 Å². The van der Waals surface area contributed by atoms with E-state index in [2.05, 4.69) is 87.0 Å². The third kappa shape index (κ3) is 4.73. The predicted octanol–water partition coefficient (Wildman–Crippen LogP) is 10.3. The van der Waals surface area contributed by atoms with Crippen LogP contribution in [0.2, 0.25) is 0 Å². The number of aromatic nitrogens is 2. The van der Waals surface area contributed by atoms with Gasteiger partial charge >= 0.3 is 20.1 Å². The molecule has 7 aromatic rings. The second-order valence-corrected chi connectivity index (χ2v) is 13.1. The van der Waals surface area contributed by atoms with E-state index in [9.17, 15) is 0 Å². The van der Waals surface area contributed by atoms with Gasteiger partial charge in [-0.15, -0.1) is 11.3 Å². The van der Waals surface area contributed by atoms with Crippen molar-refractivity contribution in [3.63, 3.8) is 0 Å². The number of benzene rings is 5. The van der Waals surface area contributed by atoms with Gasteiger partial charge in [-0.3, -0.25) is 4.68 Å². The average Bonchev–Trinajstić information content (AvgIpc) is 3.86. The van der Waals surface area contributed by atoms with Gasteiger partial charge in [0.05, 0.1) is 17.6 Å². The largest absolute Gasteiger partial charge is 3.00 e. The number of furan rings is 1. The van der Waals surface area contributed by atoms with Gasteiger partial charge in [-0.25, -0.2) is 0 Å². The molecule has 5 nitrogen and oxygen atoms in total. The average molecular weight is 812 g/mol. The van der Waals surface area contributed by atoms with Gasteiger partial charge in [0.2, 0.25) is 0 Å². The fraction of sp³-hybridized carbons (Fsp3) is 0.190. The Labute approximate surface area is 304 Å². The first-order valence-corrected chi connectivity index (χ1v) is 15.6. The summed E-state index contributed by atoms with van der Waals surface area (Å²) in [5.41, 5.74) is 8.40. The number of aryl methyl sites for hydroxylation is 1. The zero-order chi connectivity index (χ0) is 37.5. The number of para-hydroxylation sites is 3. The van der Waals surface area contributed by atoms with E-state index >= 15 is 0 Å². The van der Waals surface area contributed by atoms with Crippen LogP contribution in [0.4, 0.5) is 17.1 Å². The second-order valence-electron chi connectivity index (χ2n) is 13.1. The molecule has 0 fully saturated rings. The summed E-state index contributed by atoms with van der Waals surface area (Å²) < 4.78 is 55.7. The maximum atomic E-state index is 8.02. The Kier molecular flexibility index (Phi) is 6.24. The van der Waals surface area contributed by atoms with Gasteiger partial charge < -0.3 is 14.2 Å². The first-order chi connectivity index (χ1) is 25.1. The molecule has 240 valence electrons. The monoisotopic (exact) mass is 812 g/mol. The quantitative estimate of drug-likeness (QED) is 0.163. The second kappa shape index (κ2) is 11.8. The first-order valence-electron chi connectivity index (χ1n) is 18.6. The Morgan fingerprint density at radius 1 is 0.792 bits per heavy atom. The third-order valence-electron chi connectivity index (χ3n) is 10.0. The Bertz CT molecular complexity index is 2470. The van der Waals surface area contributed by atoms with Crippen LogP contribution in [0.1, 0.15) is 52.7 Å². The van der Waals surface area contributed by atoms with Gasteiger partial charge in [0, 0.05) is 35.7 Å². The Morgan fingerprint density at radius 2 is 1.58 bits per heavy atom. The van der Waals surface area contributed by atoms with E-state index in [1.807, 2.05) is 42.6 Å². The van der Waals surface area contributed by atoms with Crippen molar-refractivity contribution in [1.29, 1.82) is 0 Å². The zero-order valence-corrected chi connectivity index (χ0v) is 29.4. The topological polar surface area (TPSA) is 37.4 Å². The molecule has 0 spiro atoms. The van der Waals surface area contributed by atoms with Crippen molar-refractivity contribution in [3.05, 3.63) is 145 Å². The molecule has 0 unspecified atom stereocenters. The molecule has 0 atom stereocenters. The number of hydrogen-bond donors (Lipinski definition) is 0. The van der Waals surface area contributed by atoms with E-state index in [0.29, 0.717) is 33.4 Å². The summed E-state index contributed by atoms with van der Waals surface area (Å²) in [5.74, 6) is 0. The molecule has 4 heterocycles. The molecule has 0 aliphatic carbocycles. The van der Waals surface area contributed by atoms with Gasteiger partial charge in [-0.1, -0.05) is 76.2 Å². The molecule has 0 N–H and O–H groups in total. The fourth-order valence-corrected chi connectivity index (χ4v) is 6.91. The first kappa shape index (κ1) is 25.4. The van der Waals surface area contributed by atoms with Crippen molar-refractivity contribution in [2.45, 2.75) is 45.4 Å².